The molecule has 19 nitrogen and oxygen atoms in total. The Morgan fingerprint density at radius 1 is 0.482 bits per heavy atom. The quantitative estimate of drug-likeness (QED) is 0.0361. The average Bonchev–Trinajstić information content (AvgIpc) is 3.14. The van der Waals surface area contributed by atoms with Gasteiger partial charge in [0, 0.05) is 91.6 Å². The zero-order chi connectivity index (χ0) is 60.2. The van der Waals surface area contributed by atoms with E-state index >= 15 is 0 Å². The van der Waals surface area contributed by atoms with Crippen LogP contribution in [-0.2, 0) is 19.0 Å². The van der Waals surface area contributed by atoms with Gasteiger partial charge in [-0.3, -0.25) is 19.2 Å². The summed E-state index contributed by atoms with van der Waals surface area (Å²) in [5.74, 6) is -0.758. The lowest BCUT2D eigenvalue weighted by atomic mass is 9.90. The molecule has 3 aliphatic heterocycles. The third-order valence-corrected chi connectivity index (χ3v) is 13.6. The minimum Gasteiger partial charge on any atom is -0.508 e. The van der Waals surface area contributed by atoms with Crippen LogP contribution in [0.15, 0.2) is 191 Å². The number of rotatable bonds is 8. The van der Waals surface area contributed by atoms with Gasteiger partial charge in [0.15, 0.2) is 22.0 Å². The highest BCUT2D eigenvalue weighted by Crippen LogP contribution is 2.46. The summed E-state index contributed by atoms with van der Waals surface area (Å²) in [5, 5.41) is 43.2. The topological polar surface area (TPSA) is 287 Å². The third-order valence-electron chi connectivity index (χ3n) is 13.6. The number of phenolic OH excluding ortho intramolecular Hbond substituents is 3. The van der Waals surface area contributed by atoms with Crippen LogP contribution in [0.3, 0.4) is 0 Å². The predicted octanol–water partition coefficient (Wildman–Crippen LogP) is 12.2. The summed E-state index contributed by atoms with van der Waals surface area (Å²) in [6.45, 7) is 7.32. The lowest BCUT2D eigenvalue weighted by Crippen LogP contribution is -2.06. The first-order valence-electron chi connectivity index (χ1n) is 25.3. The number of benzene rings is 9. The molecule has 416 valence electrons. The molecule has 4 N–H and O–H groups in total. The Bertz CT molecular complexity index is 4890. The van der Waals surface area contributed by atoms with E-state index in [1.165, 1.54) is 100 Å². The zero-order valence-electron chi connectivity index (χ0n) is 44.7. The maximum atomic E-state index is 12.4. The summed E-state index contributed by atoms with van der Waals surface area (Å²) < 4.78 is 32.2. The van der Waals surface area contributed by atoms with E-state index in [2.05, 4.69) is 10.2 Å². The molecule has 1 amide bonds. The number of carbonyl (C=O) groups is 4. The van der Waals surface area contributed by atoms with E-state index < -0.39 is 17.9 Å². The van der Waals surface area contributed by atoms with E-state index in [1.807, 2.05) is 6.07 Å². The van der Waals surface area contributed by atoms with E-state index in [-0.39, 0.29) is 50.2 Å². The Labute approximate surface area is 479 Å². The molecule has 0 saturated heterocycles. The minimum atomic E-state index is -0.589. The molecule has 12 rings (SSSR count). The highest BCUT2D eigenvalue weighted by molar-refractivity contribution is 6.11. The number of fused-ring (bicyclic) bond motifs is 6. The van der Waals surface area contributed by atoms with E-state index in [9.17, 15) is 54.1 Å². The Morgan fingerprint density at radius 2 is 0.882 bits per heavy atom. The molecule has 0 saturated carbocycles. The second-order valence-corrected chi connectivity index (χ2v) is 18.7. The van der Waals surface area contributed by atoms with Gasteiger partial charge in [-0.05, 0) is 126 Å². The van der Waals surface area contributed by atoms with Crippen molar-refractivity contribution in [2.45, 2.75) is 0 Å². The second-order valence-electron chi connectivity index (χ2n) is 18.7. The molecule has 0 atom stereocenters. The first kappa shape index (κ1) is 55.9. The van der Waals surface area contributed by atoms with Crippen molar-refractivity contribution in [2.75, 3.05) is 26.6 Å². The minimum absolute atomic E-state index is 0.00271. The van der Waals surface area contributed by atoms with Gasteiger partial charge in [0.2, 0.25) is 6.41 Å². The number of hydrogen-bond acceptors (Lipinski definition) is 17. The van der Waals surface area contributed by atoms with Crippen molar-refractivity contribution in [1.29, 1.82) is 5.26 Å². The van der Waals surface area contributed by atoms with Gasteiger partial charge < -0.3 is 48.1 Å². The Morgan fingerprint density at radius 3 is 1.29 bits per heavy atom. The standard InChI is InChI=1S/C22H15NO6.2C22H13NO5/c1-28-22(27)15-5-2-12(23-11-24)8-18(15)21-16-6-3-13(25)9-19(16)29-20-10-14(26)4-7-17(20)21;1-23-12-3-6-15(22(26)27-2)18(9-12)21-16-7-4-13(24)10-19(16)28-20-11-14(25)5-8-17(20)21;1-27-22(26)18-8-12(11-23)2-5-15(18)21-16-6-3-13(24)9-19(16)28-20-10-14(25)4-7-17(20)21/h2-11,25H,1H3,(H,23,24);3-11,24H,2H3;2-10,24H,1H3. The maximum Gasteiger partial charge on any atom is 0.338 e. The van der Waals surface area contributed by atoms with Crippen LogP contribution in [0.1, 0.15) is 36.6 Å². The van der Waals surface area contributed by atoms with Gasteiger partial charge in [-0.15, -0.1) is 0 Å². The second kappa shape index (κ2) is 23.4. The lowest BCUT2D eigenvalue weighted by Gasteiger charge is -2.18. The van der Waals surface area contributed by atoms with E-state index in [1.54, 1.807) is 84.9 Å². The van der Waals surface area contributed by atoms with Gasteiger partial charge in [0.1, 0.15) is 51.3 Å². The largest absolute Gasteiger partial charge is 0.508 e. The smallest absolute Gasteiger partial charge is 0.338 e. The number of ether oxygens (including phenoxy) is 3. The molecule has 0 unspecified atom stereocenters. The first-order valence-corrected chi connectivity index (χ1v) is 25.3. The van der Waals surface area contributed by atoms with Gasteiger partial charge in [0.05, 0.1) is 56.2 Å². The zero-order valence-corrected chi connectivity index (χ0v) is 44.7. The fraction of sp³-hybridized carbons (Fsp3) is 0.0455. The number of aromatic hydroxyl groups is 3. The summed E-state index contributed by atoms with van der Waals surface area (Å²) in [6, 6.07) is 43.2. The summed E-state index contributed by atoms with van der Waals surface area (Å²) in [5.41, 5.74) is 7.42. The molecule has 0 fully saturated rings. The number of amides is 1. The number of nitrogens with one attached hydrogen (secondary N) is 1. The number of nitriles is 1. The molecule has 0 radical (unpaired) electrons. The van der Waals surface area contributed by atoms with Crippen molar-refractivity contribution in [3.05, 3.63) is 228 Å². The number of anilines is 1. The molecule has 3 aliphatic carbocycles. The number of nitrogens with zero attached hydrogens (tertiary/aromatic N) is 2. The van der Waals surface area contributed by atoms with Gasteiger partial charge in [0.25, 0.3) is 0 Å². The molecule has 85 heavy (non-hydrogen) atoms. The van der Waals surface area contributed by atoms with Crippen molar-refractivity contribution < 1.29 is 62.0 Å². The lowest BCUT2D eigenvalue weighted by molar-refractivity contribution is -0.105. The summed E-state index contributed by atoms with van der Waals surface area (Å²) in [6.07, 6.45) is 0.537. The fourth-order valence-corrected chi connectivity index (χ4v) is 9.85. The number of esters is 3. The van der Waals surface area contributed by atoms with Crippen LogP contribution >= 0.6 is 0 Å². The maximum absolute atomic E-state index is 12.4. The Hall–Kier alpha value is -12.4. The van der Waals surface area contributed by atoms with Gasteiger partial charge >= 0.3 is 17.9 Å². The number of phenols is 3. The molecule has 6 aromatic carbocycles. The van der Waals surface area contributed by atoms with Gasteiger partial charge in [-0.2, -0.15) is 5.26 Å². The van der Waals surface area contributed by atoms with Crippen molar-refractivity contribution in [3.63, 3.8) is 0 Å². The number of hydrogen-bond donors (Lipinski definition) is 4. The van der Waals surface area contributed by atoms with Crippen LogP contribution in [-0.4, -0.2) is 61.0 Å². The Balaban J connectivity index is 0.000000142. The van der Waals surface area contributed by atoms with Crippen molar-refractivity contribution in [1.82, 2.24) is 0 Å². The molecule has 3 heterocycles. The third kappa shape index (κ3) is 11.0. The van der Waals surface area contributed by atoms with Crippen LogP contribution in [0, 0.1) is 17.9 Å². The molecular weight excluding hydrogens is 1090 g/mol. The molecule has 0 spiro atoms. The molecule has 0 bridgehead atoms. The molecule has 19 heteroatoms. The summed E-state index contributed by atoms with van der Waals surface area (Å²) >= 11 is 0. The monoisotopic (exact) mass is 1130 g/mol. The van der Waals surface area contributed by atoms with Crippen molar-refractivity contribution >= 4 is 68.6 Å². The predicted molar refractivity (Wildman–Crippen MR) is 313 cm³/mol. The highest BCUT2D eigenvalue weighted by Gasteiger charge is 2.26. The first-order chi connectivity index (χ1) is 41.0. The number of carbonyl (C=O) groups excluding carboxylic acids is 4. The van der Waals surface area contributed by atoms with Crippen LogP contribution in [0.5, 0.6) is 17.2 Å². The molecule has 0 aromatic heterocycles. The average molecular weight is 1130 g/mol. The van der Waals surface area contributed by atoms with Crippen molar-refractivity contribution in [3.8, 4) is 90.7 Å². The number of methoxy groups -OCH3 is 3. The SMILES string of the molecule is COC(=O)c1cc(C#N)ccc1-c1c2ccc(=O)cc-2oc2cc(O)ccc12.COC(=O)c1ccc(NC=O)cc1-c1c2ccc(=O)cc-2oc2cc(O)ccc12.[C-]#[N+]c1ccc(C(=O)OC)c(-c2c3ccc(=O)cc-3oc3cc(O)ccc23)c1. The van der Waals surface area contributed by atoms with E-state index in [0.717, 1.165) is 0 Å². The van der Waals surface area contributed by atoms with Gasteiger partial charge in [-0.25, -0.2) is 19.2 Å². The summed E-state index contributed by atoms with van der Waals surface area (Å²) in [4.78, 5) is 87.1. The fourth-order valence-electron chi connectivity index (χ4n) is 9.85. The van der Waals surface area contributed by atoms with Crippen LogP contribution in [0.25, 0.3) is 105 Å². The van der Waals surface area contributed by atoms with Crippen LogP contribution in [0.4, 0.5) is 11.4 Å². The van der Waals surface area contributed by atoms with E-state index in [4.69, 9.17) is 34.0 Å². The summed E-state index contributed by atoms with van der Waals surface area (Å²) in [7, 11) is 3.83. The highest BCUT2D eigenvalue weighted by atomic mass is 16.5. The molecule has 6 aromatic rings. The molecular formula is C66H41N3O16. The van der Waals surface area contributed by atoms with Crippen LogP contribution < -0.4 is 21.6 Å². The molecule has 6 aliphatic rings. The van der Waals surface area contributed by atoms with Crippen molar-refractivity contribution in [2.24, 2.45) is 0 Å². The van der Waals surface area contributed by atoms with Gasteiger partial charge in [-0.1, -0.05) is 18.2 Å². The Kier molecular flexibility index (Phi) is 15.4. The van der Waals surface area contributed by atoms with E-state index in [0.29, 0.717) is 124 Å². The normalized spacial score (nSPS) is 10.7. The van der Waals surface area contributed by atoms with Crippen LogP contribution in [0.2, 0.25) is 0 Å².